The lowest BCUT2D eigenvalue weighted by Crippen LogP contribution is -2.16. The van der Waals surface area contributed by atoms with E-state index in [0.717, 1.165) is 0 Å². The fourth-order valence-electron chi connectivity index (χ4n) is 1.17. The van der Waals surface area contributed by atoms with Gasteiger partial charge in [-0.2, -0.15) is 0 Å². The number of aliphatic carboxylic acids is 1. The molecule has 0 radical (unpaired) electrons. The van der Waals surface area contributed by atoms with E-state index < -0.39 is 12.1 Å². The molecule has 0 amide bonds. The van der Waals surface area contributed by atoms with Gasteiger partial charge >= 0.3 is 5.97 Å². The number of aryl methyl sites for hydroxylation is 1. The summed E-state index contributed by atoms with van der Waals surface area (Å²) in [7, 11) is 0. The zero-order valence-electron chi connectivity index (χ0n) is 8.66. The molecule has 0 aliphatic carbocycles. The first kappa shape index (κ1) is 11.5. The number of rotatable bonds is 4. The van der Waals surface area contributed by atoms with Crippen LogP contribution in [0.1, 0.15) is 18.9 Å². The second kappa shape index (κ2) is 4.77. The first-order valence-electron chi connectivity index (χ1n) is 4.63. The summed E-state index contributed by atoms with van der Waals surface area (Å²) in [4.78, 5) is 10.4. The van der Waals surface area contributed by atoms with Crippen molar-refractivity contribution in [2.75, 3.05) is 0 Å². The smallest absolute Gasteiger partial charge is 0.307 e. The zero-order chi connectivity index (χ0) is 11.4. The van der Waals surface area contributed by atoms with Gasteiger partial charge < -0.3 is 9.84 Å². The SMILES string of the molecule is Cc1ccc(O[C@@H](C)CC(=O)O)cc1F. The van der Waals surface area contributed by atoms with Gasteiger partial charge in [0.2, 0.25) is 0 Å². The van der Waals surface area contributed by atoms with Crippen LogP contribution in [0.5, 0.6) is 5.75 Å². The molecule has 0 fully saturated rings. The van der Waals surface area contributed by atoms with Gasteiger partial charge in [-0.3, -0.25) is 4.79 Å². The fraction of sp³-hybridized carbons (Fsp3) is 0.364. The summed E-state index contributed by atoms with van der Waals surface area (Å²) >= 11 is 0. The molecule has 0 unspecified atom stereocenters. The molecule has 0 aliphatic rings. The lowest BCUT2D eigenvalue weighted by atomic mass is 10.2. The van der Waals surface area contributed by atoms with Crippen molar-refractivity contribution in [3.63, 3.8) is 0 Å². The third-order valence-corrected chi connectivity index (χ3v) is 1.94. The second-order valence-electron chi connectivity index (χ2n) is 3.44. The molecule has 15 heavy (non-hydrogen) atoms. The van der Waals surface area contributed by atoms with E-state index in [1.54, 1.807) is 26.0 Å². The number of ether oxygens (including phenoxy) is 1. The van der Waals surface area contributed by atoms with E-state index in [4.69, 9.17) is 9.84 Å². The molecule has 0 heterocycles. The summed E-state index contributed by atoms with van der Waals surface area (Å²) in [5.41, 5.74) is 0.535. The Morgan fingerprint density at radius 2 is 2.27 bits per heavy atom. The van der Waals surface area contributed by atoms with Crippen LogP contribution in [-0.2, 0) is 4.79 Å². The molecule has 4 heteroatoms. The monoisotopic (exact) mass is 212 g/mol. The molecule has 0 saturated carbocycles. The topological polar surface area (TPSA) is 46.5 Å². The van der Waals surface area contributed by atoms with Crippen LogP contribution >= 0.6 is 0 Å². The van der Waals surface area contributed by atoms with E-state index in [1.807, 2.05) is 0 Å². The van der Waals surface area contributed by atoms with Gasteiger partial charge in [-0.15, -0.1) is 0 Å². The molecule has 0 spiro atoms. The predicted molar refractivity (Wildman–Crippen MR) is 53.5 cm³/mol. The lowest BCUT2D eigenvalue weighted by Gasteiger charge is -2.12. The summed E-state index contributed by atoms with van der Waals surface area (Å²) in [6.45, 7) is 3.28. The molecule has 0 aromatic heterocycles. The quantitative estimate of drug-likeness (QED) is 0.833. The second-order valence-corrected chi connectivity index (χ2v) is 3.44. The lowest BCUT2D eigenvalue weighted by molar-refractivity contribution is -0.138. The van der Waals surface area contributed by atoms with Crippen molar-refractivity contribution in [1.82, 2.24) is 0 Å². The minimum Gasteiger partial charge on any atom is -0.490 e. The Morgan fingerprint density at radius 3 is 2.80 bits per heavy atom. The number of halogens is 1. The van der Waals surface area contributed by atoms with Gasteiger partial charge in [-0.25, -0.2) is 4.39 Å². The van der Waals surface area contributed by atoms with Crippen molar-refractivity contribution in [3.05, 3.63) is 29.6 Å². The van der Waals surface area contributed by atoms with Crippen LogP contribution < -0.4 is 4.74 Å². The van der Waals surface area contributed by atoms with Gasteiger partial charge in [-0.05, 0) is 25.5 Å². The van der Waals surface area contributed by atoms with Crippen molar-refractivity contribution in [2.24, 2.45) is 0 Å². The molecule has 1 atom stereocenters. The number of carboxylic acid groups (broad SMARTS) is 1. The molecule has 1 aromatic rings. The number of carboxylic acids is 1. The van der Waals surface area contributed by atoms with Crippen molar-refractivity contribution in [1.29, 1.82) is 0 Å². The summed E-state index contributed by atoms with van der Waals surface area (Å²) in [6, 6.07) is 4.47. The number of hydrogen-bond donors (Lipinski definition) is 1. The molecule has 0 saturated heterocycles. The summed E-state index contributed by atoms with van der Waals surface area (Å²) in [5.74, 6) is -0.933. The molecular weight excluding hydrogens is 199 g/mol. The van der Waals surface area contributed by atoms with Crippen LogP contribution in [0.4, 0.5) is 4.39 Å². The third-order valence-electron chi connectivity index (χ3n) is 1.94. The van der Waals surface area contributed by atoms with Crippen molar-refractivity contribution in [2.45, 2.75) is 26.4 Å². The minimum absolute atomic E-state index is 0.102. The van der Waals surface area contributed by atoms with Gasteiger partial charge in [0.1, 0.15) is 17.7 Å². The van der Waals surface area contributed by atoms with Gasteiger partial charge in [0.25, 0.3) is 0 Å². The van der Waals surface area contributed by atoms with E-state index in [2.05, 4.69) is 0 Å². The summed E-state index contributed by atoms with van der Waals surface area (Å²) in [5, 5.41) is 8.51. The number of carbonyl (C=O) groups is 1. The molecule has 0 aliphatic heterocycles. The van der Waals surface area contributed by atoms with E-state index in [0.29, 0.717) is 11.3 Å². The maximum Gasteiger partial charge on any atom is 0.307 e. The average molecular weight is 212 g/mol. The van der Waals surface area contributed by atoms with Crippen molar-refractivity contribution < 1.29 is 19.0 Å². The van der Waals surface area contributed by atoms with E-state index >= 15 is 0 Å². The Bertz CT molecular complexity index is 363. The molecule has 1 aromatic carbocycles. The third kappa shape index (κ3) is 3.58. The highest BCUT2D eigenvalue weighted by Gasteiger charge is 2.09. The van der Waals surface area contributed by atoms with Crippen LogP contribution in [0.25, 0.3) is 0 Å². The Morgan fingerprint density at radius 1 is 1.60 bits per heavy atom. The maximum atomic E-state index is 13.1. The van der Waals surface area contributed by atoms with Gasteiger partial charge in [0.05, 0.1) is 6.42 Å². The number of hydrogen-bond acceptors (Lipinski definition) is 2. The normalized spacial score (nSPS) is 12.2. The minimum atomic E-state index is -0.935. The first-order chi connectivity index (χ1) is 6.99. The van der Waals surface area contributed by atoms with Crippen LogP contribution in [0.15, 0.2) is 18.2 Å². The highest BCUT2D eigenvalue weighted by molar-refractivity contribution is 5.67. The summed E-state index contributed by atoms with van der Waals surface area (Å²) < 4.78 is 18.3. The first-order valence-corrected chi connectivity index (χ1v) is 4.63. The molecular formula is C11H13FO3. The van der Waals surface area contributed by atoms with Crippen LogP contribution in [0.3, 0.4) is 0 Å². The Kier molecular flexibility index (Phi) is 3.66. The maximum absolute atomic E-state index is 13.1. The molecule has 0 bridgehead atoms. The zero-order valence-corrected chi connectivity index (χ0v) is 8.66. The van der Waals surface area contributed by atoms with Gasteiger partial charge in [0, 0.05) is 6.07 Å². The Hall–Kier alpha value is -1.58. The van der Waals surface area contributed by atoms with Crippen LogP contribution in [0.2, 0.25) is 0 Å². The average Bonchev–Trinajstić information content (AvgIpc) is 2.10. The molecule has 82 valence electrons. The molecule has 1 N–H and O–H groups in total. The Labute approximate surface area is 87.5 Å². The van der Waals surface area contributed by atoms with Crippen LogP contribution in [-0.4, -0.2) is 17.2 Å². The highest BCUT2D eigenvalue weighted by atomic mass is 19.1. The predicted octanol–water partition coefficient (Wildman–Crippen LogP) is 2.38. The summed E-state index contributed by atoms with van der Waals surface area (Å²) in [6.07, 6.45) is -0.570. The van der Waals surface area contributed by atoms with Crippen LogP contribution in [0, 0.1) is 12.7 Å². The van der Waals surface area contributed by atoms with E-state index in [1.165, 1.54) is 6.07 Å². The van der Waals surface area contributed by atoms with Gasteiger partial charge in [0.15, 0.2) is 0 Å². The van der Waals surface area contributed by atoms with Crippen molar-refractivity contribution >= 4 is 5.97 Å². The highest BCUT2D eigenvalue weighted by Crippen LogP contribution is 2.17. The van der Waals surface area contributed by atoms with E-state index in [-0.39, 0.29) is 12.2 Å². The van der Waals surface area contributed by atoms with E-state index in [9.17, 15) is 9.18 Å². The fourth-order valence-corrected chi connectivity index (χ4v) is 1.17. The largest absolute Gasteiger partial charge is 0.490 e. The Balaban J connectivity index is 2.64. The molecule has 1 rings (SSSR count). The standard InChI is InChI=1S/C11H13FO3/c1-7-3-4-9(6-10(7)12)15-8(2)5-11(13)14/h3-4,6,8H,5H2,1-2H3,(H,13,14)/t8-/m0/s1. The van der Waals surface area contributed by atoms with Crippen molar-refractivity contribution in [3.8, 4) is 5.75 Å². The number of benzene rings is 1. The van der Waals surface area contributed by atoms with Gasteiger partial charge in [-0.1, -0.05) is 6.07 Å². The molecule has 3 nitrogen and oxygen atoms in total.